The van der Waals surface area contributed by atoms with Crippen LogP contribution in [0.1, 0.15) is 44.5 Å². The van der Waals surface area contributed by atoms with Gasteiger partial charge in [0.2, 0.25) is 0 Å². The highest BCUT2D eigenvalue weighted by Crippen LogP contribution is 2.65. The highest BCUT2D eigenvalue weighted by atomic mass is 16.5. The van der Waals surface area contributed by atoms with Gasteiger partial charge in [0.15, 0.2) is 0 Å². The minimum Gasteiger partial charge on any atom is -0.457 e. The number of nitrogens with zero attached hydrogens (tertiary/aromatic N) is 1. The van der Waals surface area contributed by atoms with Gasteiger partial charge < -0.3 is 14.4 Å². The molecule has 12 aromatic rings. The molecule has 2 spiro atoms. The van der Waals surface area contributed by atoms with Gasteiger partial charge in [-0.1, -0.05) is 224 Å². The number of para-hydroxylation sites is 4. The van der Waals surface area contributed by atoms with Gasteiger partial charge in [-0.3, -0.25) is 0 Å². The molecule has 0 aromatic heterocycles. The van der Waals surface area contributed by atoms with E-state index in [9.17, 15) is 0 Å². The fraction of sp³-hybridized carbons (Fsp3) is 0.0270. The van der Waals surface area contributed by atoms with Gasteiger partial charge in [-0.2, -0.15) is 0 Å². The van der Waals surface area contributed by atoms with E-state index in [0.717, 1.165) is 73.4 Å². The molecule has 0 unspecified atom stereocenters. The molecule has 0 amide bonds. The van der Waals surface area contributed by atoms with Gasteiger partial charge in [0.25, 0.3) is 0 Å². The number of benzene rings is 12. The lowest BCUT2D eigenvalue weighted by atomic mass is 9.66. The van der Waals surface area contributed by atoms with Crippen molar-refractivity contribution in [2.75, 3.05) is 4.90 Å². The van der Waals surface area contributed by atoms with Crippen LogP contribution in [-0.2, 0) is 10.8 Å². The van der Waals surface area contributed by atoms with Crippen LogP contribution in [0.15, 0.2) is 285 Å². The zero-order valence-electron chi connectivity index (χ0n) is 41.9. The van der Waals surface area contributed by atoms with Crippen molar-refractivity contribution < 1.29 is 9.47 Å². The van der Waals surface area contributed by atoms with Gasteiger partial charge in [-0.15, -0.1) is 0 Å². The molecular weight excluding hydrogens is 935 g/mol. The summed E-state index contributed by atoms with van der Waals surface area (Å²) in [5, 5.41) is 0. The first-order chi connectivity index (χ1) is 38.2. The Kier molecular flexibility index (Phi) is 9.47. The van der Waals surface area contributed by atoms with Crippen molar-refractivity contribution in [3.8, 4) is 78.6 Å². The van der Waals surface area contributed by atoms with Crippen LogP contribution in [0.25, 0.3) is 55.6 Å². The van der Waals surface area contributed by atoms with Gasteiger partial charge in [-0.05, 0) is 139 Å². The molecule has 2 aliphatic carbocycles. The summed E-state index contributed by atoms with van der Waals surface area (Å²) in [5.41, 5.74) is 23.8. The monoisotopic (exact) mass is 981 g/mol. The molecule has 3 heteroatoms. The van der Waals surface area contributed by atoms with Crippen LogP contribution in [0.2, 0.25) is 0 Å². The molecule has 0 saturated heterocycles. The summed E-state index contributed by atoms with van der Waals surface area (Å²) in [6, 6.07) is 104. The van der Waals surface area contributed by atoms with Crippen molar-refractivity contribution in [3.05, 3.63) is 330 Å². The molecule has 0 saturated carbocycles. The van der Waals surface area contributed by atoms with E-state index in [-0.39, 0.29) is 0 Å². The zero-order chi connectivity index (χ0) is 50.7. The molecule has 0 fully saturated rings. The smallest absolute Gasteiger partial charge is 0.132 e. The number of ether oxygens (including phenoxy) is 2. The van der Waals surface area contributed by atoms with Gasteiger partial charge in [0, 0.05) is 39.3 Å². The predicted molar refractivity (Wildman–Crippen MR) is 312 cm³/mol. The first kappa shape index (κ1) is 43.4. The van der Waals surface area contributed by atoms with Crippen molar-refractivity contribution in [2.24, 2.45) is 0 Å². The van der Waals surface area contributed by atoms with E-state index in [1.807, 2.05) is 0 Å². The Labute approximate surface area is 448 Å². The fourth-order valence-electron chi connectivity index (χ4n) is 13.7. The third kappa shape index (κ3) is 6.20. The summed E-state index contributed by atoms with van der Waals surface area (Å²) < 4.78 is 13.4. The van der Waals surface area contributed by atoms with Gasteiger partial charge in [0.1, 0.15) is 23.0 Å². The molecule has 16 rings (SSSR count). The summed E-state index contributed by atoms with van der Waals surface area (Å²) in [6.45, 7) is 0. The van der Waals surface area contributed by atoms with Gasteiger partial charge in [0.05, 0.1) is 10.8 Å². The molecule has 77 heavy (non-hydrogen) atoms. The molecule has 0 bridgehead atoms. The maximum absolute atomic E-state index is 6.73. The average molecular weight is 982 g/mol. The van der Waals surface area contributed by atoms with Crippen LogP contribution in [0.5, 0.6) is 23.0 Å². The summed E-state index contributed by atoms with van der Waals surface area (Å²) >= 11 is 0. The third-order valence-corrected chi connectivity index (χ3v) is 16.8. The van der Waals surface area contributed by atoms with Crippen LogP contribution in [-0.4, -0.2) is 0 Å². The number of anilines is 3. The van der Waals surface area contributed by atoms with E-state index in [1.54, 1.807) is 0 Å². The normalized spacial score (nSPS) is 13.9. The minimum absolute atomic E-state index is 0.545. The second-order valence-electron chi connectivity index (χ2n) is 20.6. The lowest BCUT2D eigenvalue weighted by Crippen LogP contribution is -2.32. The van der Waals surface area contributed by atoms with Crippen LogP contribution in [0.4, 0.5) is 17.1 Å². The molecule has 0 atom stereocenters. The van der Waals surface area contributed by atoms with Crippen LogP contribution < -0.4 is 14.4 Å². The lowest BCUT2D eigenvalue weighted by Gasteiger charge is -2.39. The molecule has 0 radical (unpaired) electrons. The van der Waals surface area contributed by atoms with E-state index in [0.29, 0.717) is 0 Å². The van der Waals surface area contributed by atoms with Crippen molar-refractivity contribution >= 4 is 17.1 Å². The van der Waals surface area contributed by atoms with E-state index >= 15 is 0 Å². The molecule has 12 aromatic carbocycles. The van der Waals surface area contributed by atoms with E-state index in [2.05, 4.69) is 290 Å². The Morgan fingerprint density at radius 3 is 1.10 bits per heavy atom. The molecule has 2 heterocycles. The minimum atomic E-state index is -0.606. The highest BCUT2D eigenvalue weighted by molar-refractivity contribution is 5.97. The Morgan fingerprint density at radius 1 is 0.221 bits per heavy atom. The molecule has 4 aliphatic rings. The van der Waals surface area contributed by atoms with Crippen molar-refractivity contribution in [2.45, 2.75) is 10.8 Å². The fourth-order valence-corrected chi connectivity index (χ4v) is 13.7. The first-order valence-corrected chi connectivity index (χ1v) is 26.6. The Bertz CT molecular complexity index is 4240. The standard InChI is InChI=1S/C74H47NO2/c1-2-17-48(18-3-1)49-33-35-50(36-34-49)51-37-41-53(42-38-51)75(55-45-46-58-57-19-4-6-22-60(57)74(67(58)47-55)64-26-10-14-31-70(64)77-71-32-15-11-27-65(71)74)54-43-39-52(40-44-54)56-21-16-28-66-72(56)59-20-5-7-23-61(59)73(66)62-24-8-12-29-68(62)76-69-30-13-9-25-63(69)73/h1-47H. The lowest BCUT2D eigenvalue weighted by molar-refractivity contribution is 0.436. The number of rotatable bonds is 6. The Hall–Kier alpha value is -9.96. The quantitative estimate of drug-likeness (QED) is 0.166. The number of fused-ring (bicyclic) bond motifs is 18. The number of hydrogen-bond acceptors (Lipinski definition) is 3. The molecule has 3 nitrogen and oxygen atoms in total. The maximum Gasteiger partial charge on any atom is 0.132 e. The molecule has 360 valence electrons. The van der Waals surface area contributed by atoms with Crippen LogP contribution in [0.3, 0.4) is 0 Å². The summed E-state index contributed by atoms with van der Waals surface area (Å²) in [5.74, 6) is 3.55. The molecule has 0 N–H and O–H groups in total. The van der Waals surface area contributed by atoms with Crippen LogP contribution >= 0.6 is 0 Å². The SMILES string of the molecule is c1ccc(-c2ccc(-c3ccc(N(c4ccc(-c5cccc6c5-c5ccccc5C65c6ccccc6Oc6ccccc65)cc4)c4ccc5c(c4)C4(c6ccccc6Oc6ccccc64)c4ccccc4-5)cc3)cc2)cc1. The van der Waals surface area contributed by atoms with E-state index < -0.39 is 10.8 Å². The second kappa shape index (κ2) is 16.8. The average Bonchev–Trinajstić information content (AvgIpc) is 4.19. The molecule has 2 aliphatic heterocycles. The predicted octanol–water partition coefficient (Wildman–Crippen LogP) is 19.1. The van der Waals surface area contributed by atoms with Crippen molar-refractivity contribution in [3.63, 3.8) is 0 Å². The number of hydrogen-bond donors (Lipinski definition) is 0. The zero-order valence-corrected chi connectivity index (χ0v) is 41.9. The van der Waals surface area contributed by atoms with E-state index in [4.69, 9.17) is 9.47 Å². The Balaban J connectivity index is 0.863. The third-order valence-electron chi connectivity index (χ3n) is 16.8. The van der Waals surface area contributed by atoms with Gasteiger partial charge in [-0.25, -0.2) is 0 Å². The maximum atomic E-state index is 6.73. The largest absolute Gasteiger partial charge is 0.457 e. The van der Waals surface area contributed by atoms with Gasteiger partial charge >= 0.3 is 0 Å². The molecular formula is C74H47NO2. The van der Waals surface area contributed by atoms with Crippen molar-refractivity contribution in [1.82, 2.24) is 0 Å². The second-order valence-corrected chi connectivity index (χ2v) is 20.6. The highest BCUT2D eigenvalue weighted by Gasteiger charge is 2.53. The van der Waals surface area contributed by atoms with Crippen molar-refractivity contribution in [1.29, 1.82) is 0 Å². The van der Waals surface area contributed by atoms with Crippen LogP contribution in [0, 0.1) is 0 Å². The Morgan fingerprint density at radius 2 is 0.571 bits per heavy atom. The summed E-state index contributed by atoms with van der Waals surface area (Å²) in [7, 11) is 0. The topological polar surface area (TPSA) is 21.7 Å². The summed E-state index contributed by atoms with van der Waals surface area (Å²) in [4.78, 5) is 2.43. The van der Waals surface area contributed by atoms with E-state index in [1.165, 1.54) is 66.8 Å². The summed E-state index contributed by atoms with van der Waals surface area (Å²) in [6.07, 6.45) is 0. The first-order valence-electron chi connectivity index (χ1n) is 26.6.